The molecule has 0 saturated heterocycles. The molecule has 9 heteroatoms. The highest BCUT2D eigenvalue weighted by Gasteiger charge is 2.27. The minimum atomic E-state index is -0.504. The Hall–Kier alpha value is -3.07. The largest absolute Gasteiger partial charge is 0.484 e. The van der Waals surface area contributed by atoms with Gasteiger partial charge in [0.15, 0.2) is 12.4 Å². The molecule has 164 valence electrons. The van der Waals surface area contributed by atoms with Crippen LogP contribution in [0.3, 0.4) is 0 Å². The Balaban J connectivity index is 1.66. The summed E-state index contributed by atoms with van der Waals surface area (Å²) < 4.78 is 16.2. The van der Waals surface area contributed by atoms with E-state index in [4.69, 9.17) is 13.9 Å². The first-order valence-electron chi connectivity index (χ1n) is 9.72. The second-order valence-corrected chi connectivity index (χ2v) is 8.55. The Kier molecular flexibility index (Phi) is 6.84. The van der Waals surface area contributed by atoms with Gasteiger partial charge in [-0.05, 0) is 57.4 Å². The molecule has 0 fully saturated rings. The number of thioether (sulfide) groups is 1. The first-order valence-corrected chi connectivity index (χ1v) is 10.6. The molecule has 3 aromatic rings. The van der Waals surface area contributed by atoms with E-state index in [0.29, 0.717) is 28.4 Å². The average molecular weight is 444 g/mol. The van der Waals surface area contributed by atoms with Gasteiger partial charge < -0.3 is 18.9 Å². The molecule has 0 aliphatic heterocycles. The first kappa shape index (κ1) is 22.6. The Labute approximate surface area is 184 Å². The molecule has 1 unspecified atom stereocenters. The van der Waals surface area contributed by atoms with Crippen molar-refractivity contribution in [3.63, 3.8) is 0 Å². The zero-order chi connectivity index (χ0) is 22.7. The minimum absolute atomic E-state index is 0.137. The van der Waals surface area contributed by atoms with Crippen molar-refractivity contribution >= 4 is 23.5 Å². The maximum absolute atomic E-state index is 12.9. The summed E-state index contributed by atoms with van der Waals surface area (Å²) in [6.45, 7) is 9.29. The van der Waals surface area contributed by atoms with Crippen molar-refractivity contribution in [2.24, 2.45) is 0 Å². The summed E-state index contributed by atoms with van der Waals surface area (Å²) in [5.74, 6) is 0.431. The number of nitrogens with one attached hydrogen (secondary N) is 1. The molecule has 0 spiro atoms. The summed E-state index contributed by atoms with van der Waals surface area (Å²) in [4.78, 5) is 27.9. The van der Waals surface area contributed by atoms with Gasteiger partial charge in [-0.1, -0.05) is 23.9 Å². The normalized spacial score (nSPS) is 11.9. The Morgan fingerprint density at radius 3 is 2.65 bits per heavy atom. The number of methoxy groups -OCH3 is 1. The van der Waals surface area contributed by atoms with Crippen molar-refractivity contribution in [3.8, 4) is 5.75 Å². The molecule has 1 atom stereocenters. The molecule has 1 aromatic carbocycles. The molecule has 3 rings (SSSR count). The van der Waals surface area contributed by atoms with Crippen LogP contribution < -0.4 is 4.74 Å². The highest BCUT2D eigenvalue weighted by molar-refractivity contribution is 8.00. The molecule has 1 N–H and O–H groups in total. The van der Waals surface area contributed by atoms with Gasteiger partial charge in [-0.15, -0.1) is 10.2 Å². The van der Waals surface area contributed by atoms with Crippen molar-refractivity contribution in [1.82, 2.24) is 15.2 Å². The molecule has 0 radical (unpaired) electrons. The number of carbonyl (C=O) groups is 2. The van der Waals surface area contributed by atoms with E-state index in [1.54, 1.807) is 20.8 Å². The van der Waals surface area contributed by atoms with E-state index in [1.807, 2.05) is 32.0 Å². The van der Waals surface area contributed by atoms with Crippen LogP contribution >= 0.6 is 11.8 Å². The fraction of sp³-hybridized carbons (Fsp3) is 0.364. The maximum atomic E-state index is 12.9. The van der Waals surface area contributed by atoms with E-state index in [0.717, 1.165) is 28.6 Å². The van der Waals surface area contributed by atoms with Gasteiger partial charge in [0.2, 0.25) is 0 Å². The summed E-state index contributed by atoms with van der Waals surface area (Å²) in [6, 6.07) is 5.96. The van der Waals surface area contributed by atoms with Crippen molar-refractivity contribution in [3.05, 3.63) is 57.7 Å². The number of esters is 1. The summed E-state index contributed by atoms with van der Waals surface area (Å²) in [5.41, 5.74) is 4.02. The number of rotatable bonds is 8. The zero-order valence-corrected chi connectivity index (χ0v) is 19.2. The number of ether oxygens (including phenoxy) is 2. The molecular weight excluding hydrogens is 418 g/mol. The monoisotopic (exact) mass is 443 g/mol. The van der Waals surface area contributed by atoms with Crippen LogP contribution in [0.4, 0.5) is 0 Å². The van der Waals surface area contributed by atoms with Crippen LogP contribution in [-0.2, 0) is 11.3 Å². The van der Waals surface area contributed by atoms with Crippen LogP contribution in [0.2, 0.25) is 0 Å². The number of nitrogens with zero attached hydrogens (tertiary/aromatic N) is 2. The van der Waals surface area contributed by atoms with Crippen LogP contribution in [0.25, 0.3) is 0 Å². The maximum Gasteiger partial charge on any atom is 0.339 e. The number of Topliss-reactive ketones (excluding diaryl/α,β-unsaturated/α-hetero) is 1. The third-order valence-electron chi connectivity index (χ3n) is 4.86. The molecule has 0 amide bonds. The van der Waals surface area contributed by atoms with Gasteiger partial charge in [-0.3, -0.25) is 4.79 Å². The van der Waals surface area contributed by atoms with E-state index < -0.39 is 11.2 Å². The number of aromatic amines is 1. The van der Waals surface area contributed by atoms with E-state index in [-0.39, 0.29) is 17.6 Å². The number of ketones is 1. The average Bonchev–Trinajstić information content (AvgIpc) is 3.30. The summed E-state index contributed by atoms with van der Waals surface area (Å²) in [7, 11) is 1.31. The van der Waals surface area contributed by atoms with E-state index in [1.165, 1.54) is 7.11 Å². The molecule has 8 nitrogen and oxygen atoms in total. The van der Waals surface area contributed by atoms with Crippen LogP contribution in [-0.4, -0.2) is 39.3 Å². The van der Waals surface area contributed by atoms with Crippen molar-refractivity contribution in [2.75, 3.05) is 7.11 Å². The third kappa shape index (κ3) is 4.99. The predicted octanol–water partition coefficient (Wildman–Crippen LogP) is 4.36. The van der Waals surface area contributed by atoms with E-state index in [2.05, 4.69) is 15.2 Å². The summed E-state index contributed by atoms with van der Waals surface area (Å²) in [6.07, 6.45) is 0. The molecule has 2 heterocycles. The number of carbonyl (C=O) groups excluding carboxylic acids is 2. The lowest BCUT2D eigenvalue weighted by atomic mass is 10.1. The number of hydrogen-bond donors (Lipinski definition) is 1. The number of benzene rings is 1. The van der Waals surface area contributed by atoms with Gasteiger partial charge in [0.25, 0.3) is 11.1 Å². The Morgan fingerprint density at radius 1 is 1.19 bits per heavy atom. The van der Waals surface area contributed by atoms with Gasteiger partial charge in [-0.2, -0.15) is 0 Å². The lowest BCUT2D eigenvalue weighted by Gasteiger charge is -2.08. The lowest BCUT2D eigenvalue weighted by Crippen LogP contribution is -2.15. The van der Waals surface area contributed by atoms with Crippen molar-refractivity contribution < 1.29 is 23.5 Å². The second kappa shape index (κ2) is 9.38. The molecule has 0 aliphatic carbocycles. The predicted molar refractivity (Wildman–Crippen MR) is 116 cm³/mol. The number of H-pyrrole nitrogens is 1. The highest BCUT2D eigenvalue weighted by atomic mass is 32.2. The Morgan fingerprint density at radius 2 is 1.94 bits per heavy atom. The fourth-order valence-electron chi connectivity index (χ4n) is 3.16. The fourth-order valence-corrected chi connectivity index (χ4v) is 3.92. The van der Waals surface area contributed by atoms with Crippen LogP contribution in [0.5, 0.6) is 5.75 Å². The van der Waals surface area contributed by atoms with Crippen LogP contribution in [0.1, 0.15) is 56.0 Å². The van der Waals surface area contributed by atoms with Gasteiger partial charge >= 0.3 is 5.97 Å². The highest BCUT2D eigenvalue weighted by Crippen LogP contribution is 2.28. The van der Waals surface area contributed by atoms with Crippen molar-refractivity contribution in [1.29, 1.82) is 0 Å². The van der Waals surface area contributed by atoms with Gasteiger partial charge in [0.05, 0.1) is 23.6 Å². The molecule has 0 saturated carbocycles. The first-order chi connectivity index (χ1) is 14.7. The van der Waals surface area contributed by atoms with Crippen molar-refractivity contribution in [2.45, 2.75) is 51.7 Å². The standard InChI is InChI=1S/C22H25N3O5S/c1-11-7-8-12(2)16(9-11)29-10-17-24-25-22(30-17)31-15(5)20(26)19-13(3)18(14(4)23-19)21(27)28-6/h7-9,15,23H,10H2,1-6H3. The molecular formula is C22H25N3O5S. The zero-order valence-electron chi connectivity index (χ0n) is 18.4. The molecule has 31 heavy (non-hydrogen) atoms. The molecule has 0 aliphatic rings. The molecule has 0 bridgehead atoms. The quantitative estimate of drug-likeness (QED) is 0.311. The van der Waals surface area contributed by atoms with Gasteiger partial charge in [0, 0.05) is 5.69 Å². The SMILES string of the molecule is COC(=O)c1c(C)[nH]c(C(=O)C(C)Sc2nnc(COc3cc(C)ccc3C)o2)c1C. The van der Waals surface area contributed by atoms with Gasteiger partial charge in [-0.25, -0.2) is 4.79 Å². The summed E-state index contributed by atoms with van der Waals surface area (Å²) >= 11 is 1.15. The summed E-state index contributed by atoms with van der Waals surface area (Å²) in [5, 5.41) is 7.77. The number of aryl methyl sites for hydroxylation is 3. The lowest BCUT2D eigenvalue weighted by molar-refractivity contribution is 0.0599. The second-order valence-electron chi connectivity index (χ2n) is 7.26. The Bertz CT molecular complexity index is 1120. The topological polar surface area (TPSA) is 107 Å². The van der Waals surface area contributed by atoms with Crippen LogP contribution in [0.15, 0.2) is 27.8 Å². The third-order valence-corrected chi connectivity index (χ3v) is 5.80. The number of hydrogen-bond acceptors (Lipinski definition) is 8. The van der Waals surface area contributed by atoms with E-state index >= 15 is 0 Å². The number of aromatic nitrogens is 3. The van der Waals surface area contributed by atoms with Gasteiger partial charge in [0.1, 0.15) is 5.75 Å². The smallest absolute Gasteiger partial charge is 0.339 e. The van der Waals surface area contributed by atoms with E-state index in [9.17, 15) is 9.59 Å². The minimum Gasteiger partial charge on any atom is -0.484 e. The van der Waals surface area contributed by atoms with Crippen LogP contribution in [0, 0.1) is 27.7 Å². The molecule has 2 aromatic heterocycles.